The van der Waals surface area contributed by atoms with Crippen molar-refractivity contribution in [3.05, 3.63) is 28.2 Å². The van der Waals surface area contributed by atoms with Gasteiger partial charge in [-0.25, -0.2) is 8.78 Å². The maximum absolute atomic E-state index is 13.4. The van der Waals surface area contributed by atoms with Crippen molar-refractivity contribution >= 4 is 31.8 Å². The number of hydrogen-bond donors (Lipinski definition) is 2. The Balaban J connectivity index is 2.84. The molecule has 0 amide bonds. The van der Waals surface area contributed by atoms with Crippen molar-refractivity contribution in [1.29, 1.82) is 0 Å². The first kappa shape index (κ1) is 15.3. The molecule has 2 N–H and O–H groups in total. The molecule has 0 fully saturated rings. The lowest BCUT2D eigenvalue weighted by atomic mass is 10.3. The van der Waals surface area contributed by atoms with Gasteiger partial charge in [-0.2, -0.15) is 13.1 Å². The van der Waals surface area contributed by atoms with Crippen molar-refractivity contribution in [1.82, 2.24) is 4.72 Å². The summed E-state index contributed by atoms with van der Waals surface area (Å²) in [5.41, 5.74) is -0.733. The van der Waals surface area contributed by atoms with Gasteiger partial charge >= 0.3 is 0 Å². The number of benzene rings is 1. The maximum Gasteiger partial charge on any atom is 0.299 e. The van der Waals surface area contributed by atoms with Gasteiger partial charge in [0.25, 0.3) is 10.2 Å². The summed E-state index contributed by atoms with van der Waals surface area (Å²) in [5.74, 6) is -2.03. The van der Waals surface area contributed by atoms with Gasteiger partial charge in [-0.05, 0) is 12.1 Å². The van der Waals surface area contributed by atoms with Gasteiger partial charge in [-0.15, -0.1) is 0 Å². The van der Waals surface area contributed by atoms with Gasteiger partial charge in [0.05, 0.1) is 6.61 Å². The van der Waals surface area contributed by atoms with Gasteiger partial charge in [0.2, 0.25) is 0 Å². The highest BCUT2D eigenvalue weighted by molar-refractivity contribution is 9.10. The number of halogens is 3. The second kappa shape index (κ2) is 6.41. The van der Waals surface area contributed by atoms with Crippen molar-refractivity contribution in [3.8, 4) is 0 Å². The number of ether oxygens (including phenoxy) is 1. The third-order valence-corrected chi connectivity index (χ3v) is 3.36. The van der Waals surface area contributed by atoms with E-state index in [1.54, 1.807) is 4.72 Å². The van der Waals surface area contributed by atoms with E-state index in [0.717, 1.165) is 12.1 Å². The first-order valence-corrected chi connectivity index (χ1v) is 7.04. The summed E-state index contributed by atoms with van der Waals surface area (Å²) in [6.45, 7) is 0.137. The van der Waals surface area contributed by atoms with Crippen LogP contribution in [0.3, 0.4) is 0 Å². The Morgan fingerprint density at radius 2 is 1.89 bits per heavy atom. The third-order valence-electron chi connectivity index (χ3n) is 1.84. The molecule has 0 saturated carbocycles. The molecule has 0 saturated heterocycles. The number of nitrogens with one attached hydrogen (secondary N) is 2. The molecule has 0 aliphatic carbocycles. The van der Waals surface area contributed by atoms with Gasteiger partial charge in [-0.1, -0.05) is 15.9 Å². The van der Waals surface area contributed by atoms with Gasteiger partial charge in [-0.3, -0.25) is 4.72 Å². The van der Waals surface area contributed by atoms with Crippen LogP contribution in [0.4, 0.5) is 14.5 Å². The van der Waals surface area contributed by atoms with Crippen LogP contribution < -0.4 is 9.44 Å². The van der Waals surface area contributed by atoms with Crippen LogP contribution >= 0.6 is 15.9 Å². The van der Waals surface area contributed by atoms with Crippen LogP contribution in [0, 0.1) is 11.6 Å². The van der Waals surface area contributed by atoms with Crippen molar-refractivity contribution in [3.63, 3.8) is 0 Å². The number of anilines is 1. The van der Waals surface area contributed by atoms with E-state index in [4.69, 9.17) is 0 Å². The highest BCUT2D eigenvalue weighted by atomic mass is 79.9. The average molecular weight is 345 g/mol. The van der Waals surface area contributed by atoms with Gasteiger partial charge in [0.1, 0.15) is 5.69 Å². The molecule has 0 spiro atoms. The van der Waals surface area contributed by atoms with E-state index in [2.05, 4.69) is 25.4 Å². The number of hydrogen-bond acceptors (Lipinski definition) is 3. The molecule has 0 unspecified atom stereocenters. The molecule has 18 heavy (non-hydrogen) atoms. The van der Waals surface area contributed by atoms with E-state index in [1.165, 1.54) is 7.11 Å². The lowest BCUT2D eigenvalue weighted by Crippen LogP contribution is -2.33. The molecule has 5 nitrogen and oxygen atoms in total. The second-order valence-electron chi connectivity index (χ2n) is 3.24. The standard InChI is InChI=1S/C9H11BrF2N2O3S/c1-17-3-2-13-18(15,16)14-9-7(11)4-6(10)5-8(9)12/h4-5,13-14H,2-3H2,1H3. The molecule has 0 aromatic heterocycles. The fraction of sp³-hybridized carbons (Fsp3) is 0.333. The van der Waals surface area contributed by atoms with Crippen molar-refractivity contribution in [2.45, 2.75) is 0 Å². The molecule has 1 aromatic rings. The highest BCUT2D eigenvalue weighted by Gasteiger charge is 2.17. The number of rotatable bonds is 6. The first-order chi connectivity index (χ1) is 8.35. The van der Waals surface area contributed by atoms with Crippen molar-refractivity contribution in [2.24, 2.45) is 0 Å². The van der Waals surface area contributed by atoms with E-state index >= 15 is 0 Å². The average Bonchev–Trinajstić information content (AvgIpc) is 2.23. The summed E-state index contributed by atoms with van der Waals surface area (Å²) in [5, 5.41) is 0. The Bertz CT molecular complexity index is 502. The molecule has 0 aliphatic rings. The van der Waals surface area contributed by atoms with E-state index in [0.29, 0.717) is 0 Å². The molecule has 0 atom stereocenters. The van der Waals surface area contributed by atoms with E-state index in [9.17, 15) is 17.2 Å². The van der Waals surface area contributed by atoms with Crippen molar-refractivity contribution < 1.29 is 21.9 Å². The summed E-state index contributed by atoms with van der Waals surface area (Å²) >= 11 is 2.89. The Hall–Kier alpha value is -0.770. The zero-order valence-corrected chi connectivity index (χ0v) is 11.7. The van der Waals surface area contributed by atoms with Crippen LogP contribution in [0.2, 0.25) is 0 Å². The van der Waals surface area contributed by atoms with Crippen LogP contribution in [0.1, 0.15) is 0 Å². The lowest BCUT2D eigenvalue weighted by molar-refractivity contribution is 0.204. The largest absolute Gasteiger partial charge is 0.383 e. The van der Waals surface area contributed by atoms with Crippen molar-refractivity contribution in [2.75, 3.05) is 25.0 Å². The normalized spacial score (nSPS) is 11.6. The monoisotopic (exact) mass is 344 g/mol. The van der Waals surface area contributed by atoms with Crippen LogP contribution in [0.5, 0.6) is 0 Å². The van der Waals surface area contributed by atoms with Crippen LogP contribution in [-0.2, 0) is 14.9 Å². The molecular weight excluding hydrogens is 334 g/mol. The van der Waals surface area contributed by atoms with Gasteiger partial charge < -0.3 is 4.74 Å². The first-order valence-electron chi connectivity index (χ1n) is 4.76. The fourth-order valence-corrected chi connectivity index (χ4v) is 2.38. The smallest absolute Gasteiger partial charge is 0.299 e. The molecular formula is C9H11BrF2N2O3S. The Kier molecular flexibility index (Phi) is 5.45. The minimum absolute atomic E-state index is 0.00833. The minimum Gasteiger partial charge on any atom is -0.383 e. The molecule has 1 aromatic carbocycles. The quantitative estimate of drug-likeness (QED) is 0.770. The Morgan fingerprint density at radius 1 is 1.33 bits per heavy atom. The third kappa shape index (κ3) is 4.48. The van der Waals surface area contributed by atoms with Gasteiger partial charge in [0, 0.05) is 18.1 Å². The summed E-state index contributed by atoms with van der Waals surface area (Å²) in [4.78, 5) is 0. The zero-order valence-electron chi connectivity index (χ0n) is 9.34. The van der Waals surface area contributed by atoms with Crippen LogP contribution in [0.25, 0.3) is 0 Å². The molecule has 0 bridgehead atoms. The van der Waals surface area contributed by atoms with E-state index in [-0.39, 0.29) is 17.6 Å². The van der Waals surface area contributed by atoms with E-state index in [1.807, 2.05) is 0 Å². The molecule has 1 rings (SSSR count). The molecule has 102 valence electrons. The SMILES string of the molecule is COCCNS(=O)(=O)Nc1c(F)cc(Br)cc1F. The molecule has 9 heteroatoms. The second-order valence-corrected chi connectivity index (χ2v) is 5.65. The predicted molar refractivity (Wildman–Crippen MR) is 66.5 cm³/mol. The lowest BCUT2D eigenvalue weighted by Gasteiger charge is -2.10. The summed E-state index contributed by atoms with van der Waals surface area (Å²) in [6, 6.07) is 1.91. The zero-order chi connectivity index (χ0) is 13.8. The molecule has 0 heterocycles. The summed E-state index contributed by atoms with van der Waals surface area (Å²) in [6.07, 6.45) is 0. The predicted octanol–water partition coefficient (Wildman–Crippen LogP) is 1.62. The highest BCUT2D eigenvalue weighted by Crippen LogP contribution is 2.24. The Labute approximate surface area is 112 Å². The molecule has 0 radical (unpaired) electrons. The Morgan fingerprint density at radius 3 is 2.39 bits per heavy atom. The van der Waals surface area contributed by atoms with Gasteiger partial charge in [0.15, 0.2) is 11.6 Å². The fourth-order valence-electron chi connectivity index (χ4n) is 1.09. The van der Waals surface area contributed by atoms with E-state index < -0.39 is 27.5 Å². The maximum atomic E-state index is 13.4. The summed E-state index contributed by atoms with van der Waals surface area (Å²) in [7, 11) is -2.64. The minimum atomic E-state index is -4.04. The number of methoxy groups -OCH3 is 1. The van der Waals surface area contributed by atoms with Crippen LogP contribution in [-0.4, -0.2) is 28.7 Å². The molecule has 0 aliphatic heterocycles. The topological polar surface area (TPSA) is 67.4 Å². The van der Waals surface area contributed by atoms with Crippen LogP contribution in [0.15, 0.2) is 16.6 Å². The summed E-state index contributed by atoms with van der Waals surface area (Å²) < 4.78 is 58.3.